The van der Waals surface area contributed by atoms with E-state index < -0.39 is 11.0 Å². The van der Waals surface area contributed by atoms with E-state index in [0.717, 1.165) is 16.9 Å². The number of carbonyl (C=O) groups excluding carboxylic acids is 1. The molecule has 7 nitrogen and oxygen atoms in total. The molecule has 0 aliphatic heterocycles. The standard InChI is InChI=1S/C13H13ClN4O3S/c1-2-15-12(19)16-13-17(8-11(22-13)18(20)21)7-9-5-3-4-6-10(9)14/h3-6,8H,2,7H2,1H3,(H,15,19)/b16-13-. The summed E-state index contributed by atoms with van der Waals surface area (Å²) in [6.45, 7) is 2.49. The second kappa shape index (κ2) is 7.19. The van der Waals surface area contributed by atoms with Crippen LogP contribution in [-0.4, -0.2) is 22.1 Å². The van der Waals surface area contributed by atoms with Gasteiger partial charge in [-0.15, -0.1) is 0 Å². The van der Waals surface area contributed by atoms with Gasteiger partial charge in [0.05, 0.1) is 17.7 Å². The highest BCUT2D eigenvalue weighted by atomic mass is 35.5. The van der Waals surface area contributed by atoms with Gasteiger partial charge in [-0.25, -0.2) is 4.79 Å². The van der Waals surface area contributed by atoms with Gasteiger partial charge in [0.1, 0.15) is 0 Å². The number of thiazole rings is 1. The molecule has 116 valence electrons. The highest BCUT2D eigenvalue weighted by Crippen LogP contribution is 2.19. The Morgan fingerprint density at radius 1 is 1.50 bits per heavy atom. The minimum absolute atomic E-state index is 0.0879. The molecule has 0 saturated carbocycles. The van der Waals surface area contributed by atoms with Gasteiger partial charge in [0, 0.05) is 11.6 Å². The third-order valence-corrected chi connectivity index (χ3v) is 4.05. The van der Waals surface area contributed by atoms with Gasteiger partial charge in [-0.2, -0.15) is 4.99 Å². The van der Waals surface area contributed by atoms with Crippen LogP contribution in [0.1, 0.15) is 12.5 Å². The van der Waals surface area contributed by atoms with Crippen LogP contribution < -0.4 is 10.1 Å². The number of halogens is 1. The zero-order valence-corrected chi connectivity index (χ0v) is 13.2. The molecule has 1 heterocycles. The molecule has 1 aromatic carbocycles. The van der Waals surface area contributed by atoms with E-state index in [1.807, 2.05) is 12.1 Å². The minimum atomic E-state index is -0.535. The van der Waals surface area contributed by atoms with E-state index >= 15 is 0 Å². The Bertz CT molecular complexity index is 769. The third kappa shape index (κ3) is 3.92. The summed E-state index contributed by atoms with van der Waals surface area (Å²) in [5, 5.41) is 13.9. The first-order chi connectivity index (χ1) is 10.5. The predicted octanol–water partition coefficient (Wildman–Crippen LogP) is 2.79. The van der Waals surface area contributed by atoms with Crippen molar-refractivity contribution in [3.05, 3.63) is 56.0 Å². The average molecular weight is 341 g/mol. The van der Waals surface area contributed by atoms with Gasteiger partial charge in [-0.1, -0.05) is 29.8 Å². The monoisotopic (exact) mass is 340 g/mol. The van der Waals surface area contributed by atoms with Crippen molar-refractivity contribution in [3.63, 3.8) is 0 Å². The quantitative estimate of drug-likeness (QED) is 0.685. The Morgan fingerprint density at radius 3 is 2.86 bits per heavy atom. The fraction of sp³-hybridized carbons (Fsp3) is 0.231. The van der Waals surface area contributed by atoms with Gasteiger partial charge >= 0.3 is 11.0 Å². The minimum Gasteiger partial charge on any atom is -0.336 e. The van der Waals surface area contributed by atoms with Crippen LogP contribution in [0.3, 0.4) is 0 Å². The fourth-order valence-electron chi connectivity index (χ4n) is 1.74. The third-order valence-electron chi connectivity index (χ3n) is 2.71. The average Bonchev–Trinajstić information content (AvgIpc) is 2.85. The van der Waals surface area contributed by atoms with Crippen LogP contribution in [0, 0.1) is 10.1 Å². The lowest BCUT2D eigenvalue weighted by Crippen LogP contribution is -2.24. The molecule has 9 heteroatoms. The molecule has 0 radical (unpaired) electrons. The Hall–Kier alpha value is -2.19. The molecule has 0 bridgehead atoms. The summed E-state index contributed by atoms with van der Waals surface area (Å²) in [6, 6.07) is 6.63. The molecular weight excluding hydrogens is 328 g/mol. The van der Waals surface area contributed by atoms with E-state index in [1.54, 1.807) is 23.6 Å². The van der Waals surface area contributed by atoms with Crippen LogP contribution in [0.2, 0.25) is 5.02 Å². The lowest BCUT2D eigenvalue weighted by Gasteiger charge is -2.04. The maximum absolute atomic E-state index is 11.6. The summed E-state index contributed by atoms with van der Waals surface area (Å²) >= 11 is 6.94. The Kier molecular flexibility index (Phi) is 5.29. The number of carbonyl (C=O) groups is 1. The number of aromatic nitrogens is 1. The number of nitrogens with zero attached hydrogens (tertiary/aromatic N) is 3. The molecule has 0 unspecified atom stereocenters. The zero-order chi connectivity index (χ0) is 16.1. The van der Waals surface area contributed by atoms with Gasteiger partial charge in [-0.05, 0) is 29.9 Å². The summed E-state index contributed by atoms with van der Waals surface area (Å²) in [6.07, 6.45) is 1.35. The molecule has 0 aliphatic carbocycles. The first kappa shape index (κ1) is 16.2. The van der Waals surface area contributed by atoms with Gasteiger partial charge < -0.3 is 9.88 Å². The van der Waals surface area contributed by atoms with Crippen molar-refractivity contribution in [1.29, 1.82) is 0 Å². The Balaban J connectivity index is 2.43. The van der Waals surface area contributed by atoms with Gasteiger partial charge in [0.15, 0.2) is 0 Å². The van der Waals surface area contributed by atoms with Crippen molar-refractivity contribution < 1.29 is 9.72 Å². The van der Waals surface area contributed by atoms with Crippen molar-refractivity contribution in [2.75, 3.05) is 6.54 Å². The second-order valence-electron chi connectivity index (χ2n) is 4.28. The summed E-state index contributed by atoms with van der Waals surface area (Å²) in [5.41, 5.74) is 0.786. The normalized spacial score (nSPS) is 11.5. The number of hydrogen-bond donors (Lipinski definition) is 1. The topological polar surface area (TPSA) is 89.5 Å². The van der Waals surface area contributed by atoms with Gasteiger partial charge in [0.2, 0.25) is 4.80 Å². The molecule has 0 atom stereocenters. The van der Waals surface area contributed by atoms with Crippen LogP contribution in [0.25, 0.3) is 0 Å². The van der Waals surface area contributed by atoms with Crippen LogP contribution in [0.4, 0.5) is 9.80 Å². The van der Waals surface area contributed by atoms with Crippen molar-refractivity contribution >= 4 is 34.0 Å². The van der Waals surface area contributed by atoms with E-state index in [2.05, 4.69) is 10.3 Å². The number of amides is 2. The predicted molar refractivity (Wildman–Crippen MR) is 84.2 cm³/mol. The van der Waals surface area contributed by atoms with Gasteiger partial charge in [-0.3, -0.25) is 10.1 Å². The second-order valence-corrected chi connectivity index (χ2v) is 5.67. The molecule has 0 saturated heterocycles. The van der Waals surface area contributed by atoms with Crippen molar-refractivity contribution in [3.8, 4) is 0 Å². The van der Waals surface area contributed by atoms with E-state index in [4.69, 9.17) is 11.6 Å². The van der Waals surface area contributed by atoms with Crippen molar-refractivity contribution in [2.45, 2.75) is 13.5 Å². The van der Waals surface area contributed by atoms with Crippen LogP contribution in [0.5, 0.6) is 0 Å². The molecule has 1 aromatic heterocycles. The first-order valence-corrected chi connectivity index (χ1v) is 7.61. The molecule has 0 aliphatic rings. The summed E-state index contributed by atoms with van der Waals surface area (Å²) in [7, 11) is 0. The molecule has 1 N–H and O–H groups in total. The number of rotatable bonds is 4. The molecule has 2 aromatic rings. The fourth-order valence-corrected chi connectivity index (χ4v) is 2.74. The smallest absolute Gasteiger partial charge is 0.336 e. The molecule has 2 amide bonds. The van der Waals surface area contributed by atoms with Crippen LogP contribution in [0.15, 0.2) is 35.5 Å². The largest absolute Gasteiger partial charge is 0.343 e. The number of nitrogens with one attached hydrogen (secondary N) is 1. The first-order valence-electron chi connectivity index (χ1n) is 6.42. The lowest BCUT2D eigenvalue weighted by atomic mass is 10.2. The summed E-state index contributed by atoms with van der Waals surface area (Å²) in [5.74, 6) is 0. The summed E-state index contributed by atoms with van der Waals surface area (Å²) in [4.78, 5) is 26.1. The zero-order valence-electron chi connectivity index (χ0n) is 11.7. The van der Waals surface area contributed by atoms with Crippen LogP contribution >= 0.6 is 22.9 Å². The molecule has 2 rings (SSSR count). The Labute approximate surface area is 135 Å². The molecule has 0 fully saturated rings. The molecule has 22 heavy (non-hydrogen) atoms. The maximum Gasteiger partial charge on any atom is 0.343 e. The van der Waals surface area contributed by atoms with E-state index in [1.165, 1.54) is 6.20 Å². The number of benzene rings is 1. The lowest BCUT2D eigenvalue weighted by molar-refractivity contribution is -0.380. The van der Waals surface area contributed by atoms with Crippen molar-refractivity contribution in [2.24, 2.45) is 4.99 Å². The summed E-state index contributed by atoms with van der Waals surface area (Å²) < 4.78 is 1.54. The van der Waals surface area contributed by atoms with Crippen LogP contribution in [-0.2, 0) is 6.54 Å². The highest BCUT2D eigenvalue weighted by molar-refractivity contribution is 7.12. The number of urea groups is 1. The van der Waals surface area contributed by atoms with E-state index in [9.17, 15) is 14.9 Å². The molecular formula is C13H13ClN4O3S. The van der Waals surface area contributed by atoms with Gasteiger partial charge in [0.25, 0.3) is 0 Å². The SMILES string of the molecule is CCNC(=O)/N=c1\sc([N+](=O)[O-])cn1Cc1ccccc1Cl. The van der Waals surface area contributed by atoms with E-state index in [-0.39, 0.29) is 9.80 Å². The van der Waals surface area contributed by atoms with E-state index in [0.29, 0.717) is 18.1 Å². The molecule has 0 spiro atoms. The highest BCUT2D eigenvalue weighted by Gasteiger charge is 2.14. The number of hydrogen-bond acceptors (Lipinski definition) is 4. The maximum atomic E-state index is 11.6. The number of nitro groups is 1. The Morgan fingerprint density at radius 2 is 2.23 bits per heavy atom. The van der Waals surface area contributed by atoms with Crippen molar-refractivity contribution in [1.82, 2.24) is 9.88 Å².